The topological polar surface area (TPSA) is 51.8 Å². The summed E-state index contributed by atoms with van der Waals surface area (Å²) in [6.45, 7) is 0. The van der Waals surface area contributed by atoms with Crippen LogP contribution in [0.5, 0.6) is 0 Å². The van der Waals surface area contributed by atoms with Crippen LogP contribution in [-0.4, -0.2) is 15.5 Å². The Morgan fingerprint density at radius 3 is 3.00 bits per heavy atom. The maximum absolute atomic E-state index is 5.62. The molecule has 0 saturated heterocycles. The first-order chi connectivity index (χ1) is 6.24. The molecule has 2 N–H and O–H groups in total. The van der Waals surface area contributed by atoms with Gasteiger partial charge in [0, 0.05) is 11.8 Å². The molecule has 0 amide bonds. The normalized spacial score (nSPS) is 9.08. The minimum absolute atomic E-state index is 0.303. The van der Waals surface area contributed by atoms with Crippen molar-refractivity contribution in [2.45, 2.75) is 6.42 Å². The zero-order chi connectivity index (χ0) is 9.68. The second kappa shape index (κ2) is 5.05. The van der Waals surface area contributed by atoms with Crippen molar-refractivity contribution in [1.82, 2.24) is 10.2 Å². The van der Waals surface area contributed by atoms with E-state index in [9.17, 15) is 0 Å². The second-order valence-corrected chi connectivity index (χ2v) is 3.39. The van der Waals surface area contributed by atoms with Gasteiger partial charge in [-0.05, 0) is 6.07 Å². The number of alkyl halides is 1. The van der Waals surface area contributed by atoms with Gasteiger partial charge in [0.15, 0.2) is 11.0 Å². The predicted octanol–water partition coefficient (Wildman–Crippen LogP) is 1.85. The fourth-order valence-corrected chi connectivity index (χ4v) is 1.03. The number of nitrogen functional groups attached to an aromatic ring is 1. The van der Waals surface area contributed by atoms with E-state index in [4.69, 9.17) is 17.3 Å². The van der Waals surface area contributed by atoms with Gasteiger partial charge in [-0.25, -0.2) is 0 Å². The lowest BCUT2D eigenvalue weighted by molar-refractivity contribution is 1.04. The van der Waals surface area contributed by atoms with E-state index in [1.807, 2.05) is 0 Å². The summed E-state index contributed by atoms with van der Waals surface area (Å²) in [4.78, 5) is 0. The molecular weight excluding hydrogens is 253 g/mol. The van der Waals surface area contributed by atoms with Gasteiger partial charge in [-0.2, -0.15) is 0 Å². The summed E-state index contributed by atoms with van der Waals surface area (Å²) in [5, 5.41) is 8.36. The molecular formula is C8H7BrClN3. The van der Waals surface area contributed by atoms with Gasteiger partial charge in [0.2, 0.25) is 0 Å². The van der Waals surface area contributed by atoms with Crippen LogP contribution in [0.25, 0.3) is 0 Å². The Hall–Kier alpha value is -0.790. The van der Waals surface area contributed by atoms with Gasteiger partial charge in [-0.3, -0.25) is 0 Å². The summed E-state index contributed by atoms with van der Waals surface area (Å²) in [5.41, 5.74) is 6.15. The van der Waals surface area contributed by atoms with Crippen LogP contribution < -0.4 is 5.73 Å². The molecule has 0 bridgehead atoms. The Kier molecular flexibility index (Phi) is 4.00. The third kappa shape index (κ3) is 3.21. The summed E-state index contributed by atoms with van der Waals surface area (Å²) in [6.07, 6.45) is 0.763. The minimum Gasteiger partial charge on any atom is -0.381 e. The van der Waals surface area contributed by atoms with E-state index in [-0.39, 0.29) is 0 Å². The zero-order valence-corrected chi connectivity index (χ0v) is 9.06. The van der Waals surface area contributed by atoms with Crippen molar-refractivity contribution in [1.29, 1.82) is 0 Å². The van der Waals surface area contributed by atoms with Crippen molar-refractivity contribution in [2.24, 2.45) is 0 Å². The predicted molar refractivity (Wildman–Crippen MR) is 56.7 cm³/mol. The van der Waals surface area contributed by atoms with Gasteiger partial charge in [0.05, 0.1) is 5.56 Å². The largest absolute Gasteiger partial charge is 0.381 e. The number of aromatic nitrogens is 2. The van der Waals surface area contributed by atoms with Crippen molar-refractivity contribution in [3.63, 3.8) is 0 Å². The molecule has 68 valence electrons. The van der Waals surface area contributed by atoms with Crippen molar-refractivity contribution in [3.05, 3.63) is 16.8 Å². The minimum atomic E-state index is 0.303. The first-order valence-corrected chi connectivity index (χ1v) is 5.07. The summed E-state index contributed by atoms with van der Waals surface area (Å²) < 4.78 is 0. The van der Waals surface area contributed by atoms with Crippen molar-refractivity contribution >= 4 is 33.3 Å². The Labute approximate surface area is 89.8 Å². The SMILES string of the molecule is Nc1nnc(Cl)cc1C#CCCBr. The molecule has 0 fully saturated rings. The molecule has 0 radical (unpaired) electrons. The molecule has 0 unspecified atom stereocenters. The van der Waals surface area contributed by atoms with Crippen LogP contribution in [0.2, 0.25) is 5.15 Å². The van der Waals surface area contributed by atoms with E-state index >= 15 is 0 Å². The molecule has 0 saturated carbocycles. The van der Waals surface area contributed by atoms with E-state index < -0.39 is 0 Å². The first kappa shape index (κ1) is 10.3. The number of hydrogen-bond donors (Lipinski definition) is 1. The molecule has 0 aromatic carbocycles. The second-order valence-electron chi connectivity index (χ2n) is 2.21. The molecule has 3 nitrogen and oxygen atoms in total. The third-order valence-electron chi connectivity index (χ3n) is 1.24. The standard InChI is InChI=1S/C8H7BrClN3/c9-4-2-1-3-6-5-7(10)12-13-8(6)11/h5H,2,4H2,(H2,11,13). The molecule has 0 spiro atoms. The highest BCUT2D eigenvalue weighted by atomic mass is 79.9. The summed E-state index contributed by atoms with van der Waals surface area (Å²) >= 11 is 8.89. The number of nitrogens with zero attached hydrogens (tertiary/aromatic N) is 2. The zero-order valence-electron chi connectivity index (χ0n) is 6.72. The monoisotopic (exact) mass is 259 g/mol. The van der Waals surface area contributed by atoms with Crippen LogP contribution in [0.15, 0.2) is 6.07 Å². The molecule has 0 atom stereocenters. The van der Waals surface area contributed by atoms with Crippen LogP contribution in [0, 0.1) is 11.8 Å². The highest BCUT2D eigenvalue weighted by Crippen LogP contribution is 2.10. The number of hydrogen-bond acceptors (Lipinski definition) is 3. The van der Waals surface area contributed by atoms with Gasteiger partial charge < -0.3 is 5.73 Å². The summed E-state index contributed by atoms with van der Waals surface area (Å²) in [7, 11) is 0. The number of halogens is 2. The van der Waals surface area contributed by atoms with Crippen LogP contribution in [0.1, 0.15) is 12.0 Å². The average molecular weight is 261 g/mol. The van der Waals surface area contributed by atoms with Crippen molar-refractivity contribution in [3.8, 4) is 11.8 Å². The Morgan fingerprint density at radius 2 is 2.31 bits per heavy atom. The third-order valence-corrected chi connectivity index (χ3v) is 1.82. The molecule has 1 heterocycles. The Morgan fingerprint density at radius 1 is 1.54 bits per heavy atom. The Balaban J connectivity index is 2.89. The molecule has 0 aliphatic rings. The van der Waals surface area contributed by atoms with E-state index in [2.05, 4.69) is 38.0 Å². The van der Waals surface area contributed by atoms with Gasteiger partial charge in [-0.1, -0.05) is 39.4 Å². The lowest BCUT2D eigenvalue weighted by Gasteiger charge is -1.94. The van der Waals surface area contributed by atoms with Gasteiger partial charge in [0.1, 0.15) is 0 Å². The quantitative estimate of drug-likeness (QED) is 0.619. The highest BCUT2D eigenvalue weighted by molar-refractivity contribution is 9.09. The van der Waals surface area contributed by atoms with Crippen LogP contribution in [-0.2, 0) is 0 Å². The molecule has 1 aromatic heterocycles. The van der Waals surface area contributed by atoms with E-state index in [1.165, 1.54) is 0 Å². The molecule has 5 heteroatoms. The summed E-state index contributed by atoms with van der Waals surface area (Å²) in [5.74, 6) is 6.09. The van der Waals surface area contributed by atoms with E-state index in [0.717, 1.165) is 11.8 Å². The fraction of sp³-hybridized carbons (Fsp3) is 0.250. The van der Waals surface area contributed by atoms with Crippen LogP contribution in [0.4, 0.5) is 5.82 Å². The van der Waals surface area contributed by atoms with Crippen LogP contribution in [0.3, 0.4) is 0 Å². The molecule has 1 rings (SSSR count). The van der Waals surface area contributed by atoms with Gasteiger partial charge in [0.25, 0.3) is 0 Å². The lowest BCUT2D eigenvalue weighted by Crippen LogP contribution is -1.96. The van der Waals surface area contributed by atoms with E-state index in [1.54, 1.807) is 6.07 Å². The summed E-state index contributed by atoms with van der Waals surface area (Å²) in [6, 6.07) is 1.60. The van der Waals surface area contributed by atoms with Crippen LogP contribution >= 0.6 is 27.5 Å². The maximum Gasteiger partial charge on any atom is 0.162 e. The molecule has 0 aliphatic carbocycles. The first-order valence-electron chi connectivity index (χ1n) is 3.57. The maximum atomic E-state index is 5.62. The Bertz CT molecular complexity index is 356. The average Bonchev–Trinajstić information content (AvgIpc) is 2.11. The van der Waals surface area contributed by atoms with Crippen molar-refractivity contribution in [2.75, 3.05) is 11.1 Å². The smallest absolute Gasteiger partial charge is 0.162 e. The fourth-order valence-electron chi connectivity index (χ4n) is 0.683. The number of anilines is 1. The highest BCUT2D eigenvalue weighted by Gasteiger charge is 1.98. The van der Waals surface area contributed by atoms with Gasteiger partial charge >= 0.3 is 0 Å². The molecule has 0 aliphatic heterocycles. The van der Waals surface area contributed by atoms with Crippen molar-refractivity contribution < 1.29 is 0 Å². The van der Waals surface area contributed by atoms with Gasteiger partial charge in [-0.15, -0.1) is 10.2 Å². The van der Waals surface area contributed by atoms with E-state index in [0.29, 0.717) is 16.5 Å². The lowest BCUT2D eigenvalue weighted by atomic mass is 10.3. The number of nitrogens with two attached hydrogens (primary N) is 1. The number of rotatable bonds is 1. The molecule has 13 heavy (non-hydrogen) atoms. The molecule has 1 aromatic rings.